The fourth-order valence-electron chi connectivity index (χ4n) is 1.96. The first kappa shape index (κ1) is 12.9. The van der Waals surface area contributed by atoms with Crippen molar-refractivity contribution in [2.45, 2.75) is 0 Å². The monoisotopic (exact) mass is 283 g/mol. The molecule has 0 N–H and O–H groups in total. The highest BCUT2D eigenvalue weighted by Gasteiger charge is 2.35. The van der Waals surface area contributed by atoms with Gasteiger partial charge in [-0.05, 0) is 12.1 Å². The average molecular weight is 283 g/mol. The number of fused-ring (bicyclic) bond motifs is 1. The molecule has 2 heterocycles. The van der Waals surface area contributed by atoms with Crippen LogP contribution in [0.4, 0.5) is 0 Å². The molecule has 0 bridgehead atoms. The number of amides is 2. The van der Waals surface area contributed by atoms with Gasteiger partial charge >= 0.3 is 5.97 Å². The number of hydrogen-bond acceptors (Lipinski definition) is 6. The van der Waals surface area contributed by atoms with E-state index in [0.29, 0.717) is 11.1 Å². The predicted molar refractivity (Wildman–Crippen MR) is 69.3 cm³/mol. The van der Waals surface area contributed by atoms with Crippen molar-refractivity contribution in [2.75, 3.05) is 6.73 Å². The minimum absolute atomic E-state index is 0.00843. The Hall–Kier alpha value is -3.09. The Balaban J connectivity index is 1.72. The lowest BCUT2D eigenvalue weighted by Gasteiger charge is -2.13. The lowest BCUT2D eigenvalue weighted by Crippen LogP contribution is -2.33. The fourth-order valence-corrected chi connectivity index (χ4v) is 1.96. The molecule has 7 heteroatoms. The summed E-state index contributed by atoms with van der Waals surface area (Å²) in [6.07, 6.45) is 4.00. The summed E-state index contributed by atoms with van der Waals surface area (Å²) < 4.78 is 4.93. The Bertz CT molecular complexity index is 695. The Kier molecular flexibility index (Phi) is 3.15. The van der Waals surface area contributed by atoms with Crippen LogP contribution in [0, 0.1) is 0 Å². The molecule has 0 atom stereocenters. The van der Waals surface area contributed by atoms with Crippen LogP contribution in [0.1, 0.15) is 31.2 Å². The number of carbonyl (C=O) groups is 3. The second-order valence-electron chi connectivity index (χ2n) is 4.24. The third-order valence-corrected chi connectivity index (χ3v) is 2.98. The number of rotatable bonds is 3. The van der Waals surface area contributed by atoms with E-state index in [-0.39, 0.29) is 5.69 Å². The molecule has 21 heavy (non-hydrogen) atoms. The summed E-state index contributed by atoms with van der Waals surface area (Å²) in [4.78, 5) is 44.2. The van der Waals surface area contributed by atoms with E-state index >= 15 is 0 Å². The molecule has 1 aliphatic rings. The van der Waals surface area contributed by atoms with E-state index in [1.54, 1.807) is 24.3 Å². The number of carbonyl (C=O) groups excluding carboxylic acids is 3. The van der Waals surface area contributed by atoms with E-state index < -0.39 is 24.5 Å². The largest absolute Gasteiger partial charge is 0.439 e. The molecule has 104 valence electrons. The van der Waals surface area contributed by atoms with Crippen molar-refractivity contribution in [1.82, 2.24) is 14.9 Å². The first-order valence-corrected chi connectivity index (χ1v) is 6.07. The molecule has 1 aliphatic heterocycles. The maximum Gasteiger partial charge on any atom is 0.360 e. The molecule has 2 aromatic rings. The molecule has 0 radical (unpaired) electrons. The number of esters is 1. The Morgan fingerprint density at radius 2 is 1.76 bits per heavy atom. The summed E-state index contributed by atoms with van der Waals surface area (Å²) in [5.74, 6) is -1.72. The number of aromatic nitrogens is 2. The third-order valence-electron chi connectivity index (χ3n) is 2.98. The summed E-state index contributed by atoms with van der Waals surface area (Å²) in [5.41, 5.74) is 0.616. The predicted octanol–water partition coefficient (Wildman–Crippen LogP) is 0.887. The van der Waals surface area contributed by atoms with Crippen LogP contribution >= 0.6 is 0 Å². The average Bonchev–Trinajstić information content (AvgIpc) is 2.78. The summed E-state index contributed by atoms with van der Waals surface area (Å²) in [6.45, 7) is -0.457. The lowest BCUT2D eigenvalue weighted by molar-refractivity contribution is 0.0223. The van der Waals surface area contributed by atoms with Gasteiger partial charge in [0.15, 0.2) is 12.4 Å². The van der Waals surface area contributed by atoms with Crippen molar-refractivity contribution in [3.05, 3.63) is 59.7 Å². The topological polar surface area (TPSA) is 89.5 Å². The third kappa shape index (κ3) is 2.25. The Labute approximate surface area is 119 Å². The lowest BCUT2D eigenvalue weighted by atomic mass is 10.1. The highest BCUT2D eigenvalue weighted by atomic mass is 16.5. The van der Waals surface area contributed by atoms with Gasteiger partial charge in [0, 0.05) is 12.4 Å². The summed E-state index contributed by atoms with van der Waals surface area (Å²) >= 11 is 0. The number of nitrogens with zero attached hydrogens (tertiary/aromatic N) is 3. The highest BCUT2D eigenvalue weighted by molar-refractivity contribution is 6.21. The van der Waals surface area contributed by atoms with Gasteiger partial charge in [0.25, 0.3) is 11.8 Å². The summed E-state index contributed by atoms with van der Waals surface area (Å²) in [5, 5.41) is 0. The first-order chi connectivity index (χ1) is 10.2. The molecule has 2 amide bonds. The van der Waals surface area contributed by atoms with Gasteiger partial charge in [-0.2, -0.15) is 0 Å². The van der Waals surface area contributed by atoms with Crippen molar-refractivity contribution in [1.29, 1.82) is 0 Å². The first-order valence-electron chi connectivity index (χ1n) is 6.07. The van der Waals surface area contributed by atoms with Crippen molar-refractivity contribution in [2.24, 2.45) is 0 Å². The van der Waals surface area contributed by atoms with E-state index in [0.717, 1.165) is 4.90 Å². The minimum Gasteiger partial charge on any atom is -0.439 e. The Morgan fingerprint density at radius 3 is 2.33 bits per heavy atom. The van der Waals surface area contributed by atoms with E-state index in [2.05, 4.69) is 9.97 Å². The zero-order chi connectivity index (χ0) is 14.8. The van der Waals surface area contributed by atoms with Gasteiger partial charge in [0.1, 0.15) is 0 Å². The van der Waals surface area contributed by atoms with Crippen LogP contribution in [0.2, 0.25) is 0 Å². The second-order valence-corrected chi connectivity index (χ2v) is 4.24. The van der Waals surface area contributed by atoms with Crippen LogP contribution in [-0.4, -0.2) is 39.4 Å². The minimum atomic E-state index is -0.750. The van der Waals surface area contributed by atoms with Crippen LogP contribution < -0.4 is 0 Å². The van der Waals surface area contributed by atoms with Crippen LogP contribution in [0.5, 0.6) is 0 Å². The van der Waals surface area contributed by atoms with Crippen molar-refractivity contribution in [3.8, 4) is 0 Å². The smallest absolute Gasteiger partial charge is 0.360 e. The van der Waals surface area contributed by atoms with Gasteiger partial charge in [0.05, 0.1) is 17.3 Å². The van der Waals surface area contributed by atoms with Gasteiger partial charge in [-0.1, -0.05) is 12.1 Å². The quantitative estimate of drug-likeness (QED) is 0.613. The molecule has 0 aliphatic carbocycles. The van der Waals surface area contributed by atoms with Crippen LogP contribution in [0.3, 0.4) is 0 Å². The molecule has 3 rings (SSSR count). The Morgan fingerprint density at radius 1 is 1.10 bits per heavy atom. The van der Waals surface area contributed by atoms with Crippen molar-refractivity contribution >= 4 is 17.8 Å². The molecular weight excluding hydrogens is 274 g/mol. The van der Waals surface area contributed by atoms with E-state index in [9.17, 15) is 14.4 Å². The fraction of sp³-hybridized carbons (Fsp3) is 0.0714. The summed E-state index contributed by atoms with van der Waals surface area (Å²) in [7, 11) is 0. The van der Waals surface area contributed by atoms with Crippen LogP contribution in [-0.2, 0) is 4.74 Å². The van der Waals surface area contributed by atoms with Crippen LogP contribution in [0.25, 0.3) is 0 Å². The molecule has 0 unspecified atom stereocenters. The van der Waals surface area contributed by atoms with Gasteiger partial charge in [-0.3, -0.25) is 14.6 Å². The van der Waals surface area contributed by atoms with Gasteiger partial charge in [-0.25, -0.2) is 14.7 Å². The molecule has 0 saturated carbocycles. The zero-order valence-electron chi connectivity index (χ0n) is 10.7. The maximum atomic E-state index is 12.0. The molecule has 0 saturated heterocycles. The van der Waals surface area contributed by atoms with Crippen LogP contribution in [0.15, 0.2) is 42.9 Å². The molecule has 0 fully saturated rings. The van der Waals surface area contributed by atoms with Gasteiger partial charge in [0.2, 0.25) is 0 Å². The van der Waals surface area contributed by atoms with Gasteiger partial charge in [-0.15, -0.1) is 0 Å². The molecule has 0 spiro atoms. The molecule has 1 aromatic heterocycles. The summed E-state index contributed by atoms with van der Waals surface area (Å²) in [6, 6.07) is 6.44. The molecular formula is C14H9N3O4. The zero-order valence-corrected chi connectivity index (χ0v) is 10.7. The number of ether oxygens (including phenoxy) is 1. The van der Waals surface area contributed by atoms with Crippen molar-refractivity contribution in [3.63, 3.8) is 0 Å². The van der Waals surface area contributed by atoms with Gasteiger partial charge < -0.3 is 4.74 Å². The standard InChI is InChI=1S/C14H9N3O4/c18-12-9-3-1-2-4-10(9)13(19)17(12)8-21-14(20)11-7-15-5-6-16-11/h1-7H,8H2. The van der Waals surface area contributed by atoms with E-state index in [1.165, 1.54) is 18.6 Å². The normalized spacial score (nSPS) is 13.2. The second kappa shape index (κ2) is 5.12. The van der Waals surface area contributed by atoms with E-state index in [1.807, 2.05) is 0 Å². The highest BCUT2D eigenvalue weighted by Crippen LogP contribution is 2.22. The SMILES string of the molecule is O=C(OCN1C(=O)c2ccccc2C1=O)c1cnccn1. The molecule has 7 nitrogen and oxygen atoms in total. The number of benzene rings is 1. The van der Waals surface area contributed by atoms with E-state index in [4.69, 9.17) is 4.74 Å². The maximum absolute atomic E-state index is 12.0. The number of hydrogen-bond donors (Lipinski definition) is 0. The number of imide groups is 1. The van der Waals surface area contributed by atoms with Crippen molar-refractivity contribution < 1.29 is 19.1 Å². The molecule has 1 aromatic carbocycles.